The summed E-state index contributed by atoms with van der Waals surface area (Å²) < 4.78 is 19.5. The van der Waals surface area contributed by atoms with Crippen molar-refractivity contribution in [2.24, 2.45) is 0 Å². The number of methoxy groups -OCH3 is 1. The van der Waals surface area contributed by atoms with Crippen LogP contribution >= 0.6 is 11.6 Å². The predicted octanol–water partition coefficient (Wildman–Crippen LogP) is 8.27. The molecular weight excluding hydrogens is 612 g/mol. The van der Waals surface area contributed by atoms with Crippen LogP contribution in [0.5, 0.6) is 17.2 Å². The highest BCUT2D eigenvalue weighted by atomic mass is 35.5. The minimum Gasteiger partial charge on any atom is -0.493 e. The molecule has 234 valence electrons. The number of aromatic nitrogens is 3. The zero-order valence-corrected chi connectivity index (χ0v) is 26.9. The Hall–Kier alpha value is -5.65. The van der Waals surface area contributed by atoms with E-state index in [2.05, 4.69) is 66.4 Å². The van der Waals surface area contributed by atoms with Crippen LogP contribution in [-0.2, 0) is 24.6 Å². The number of aldehydes is 1. The largest absolute Gasteiger partial charge is 0.493 e. The molecule has 2 aromatic heterocycles. The van der Waals surface area contributed by atoms with E-state index in [0.29, 0.717) is 34.4 Å². The van der Waals surface area contributed by atoms with Crippen LogP contribution in [0.25, 0.3) is 33.2 Å². The molecule has 0 fully saturated rings. The standard InChI is InChI=1S/C38H31ClN4O4/c1-24-29(23-47-36-17-38(37(45-3)16-34(36)39)46-22-27-14-26(18-40)19-41-20-27)6-4-8-32(24)33-9-5-7-31(25(33)2)28-10-11-35-30(15-28)21-42-43(35)12-13-44/h4-11,13-17,19-21H,12,22-23H2,1-3H3. The van der Waals surface area contributed by atoms with Gasteiger partial charge in [0.05, 0.1) is 36.0 Å². The van der Waals surface area contributed by atoms with Gasteiger partial charge in [-0.05, 0) is 71.0 Å². The Labute approximate surface area is 277 Å². The van der Waals surface area contributed by atoms with Gasteiger partial charge in [0.1, 0.15) is 31.3 Å². The SMILES string of the molecule is COc1cc(Cl)c(OCc2cccc(-c3cccc(-c4ccc5c(cnn5CC=O)c4)c3C)c2C)cc1OCc1cncc(C#N)c1. The second-order valence-electron chi connectivity index (χ2n) is 11.0. The van der Waals surface area contributed by atoms with Gasteiger partial charge < -0.3 is 19.0 Å². The van der Waals surface area contributed by atoms with Crippen molar-refractivity contribution >= 4 is 28.8 Å². The Morgan fingerprint density at radius 2 is 1.62 bits per heavy atom. The molecule has 0 radical (unpaired) electrons. The third kappa shape index (κ3) is 6.53. The molecule has 2 heterocycles. The normalized spacial score (nSPS) is 10.9. The lowest BCUT2D eigenvalue weighted by Crippen LogP contribution is -2.02. The average molecular weight is 643 g/mol. The summed E-state index contributed by atoms with van der Waals surface area (Å²) in [5, 5.41) is 14.9. The van der Waals surface area contributed by atoms with Crippen LogP contribution in [0.3, 0.4) is 0 Å². The first kappa shape index (κ1) is 31.3. The van der Waals surface area contributed by atoms with Crippen molar-refractivity contribution in [2.45, 2.75) is 33.6 Å². The van der Waals surface area contributed by atoms with Gasteiger partial charge in [0, 0.05) is 35.5 Å². The fourth-order valence-corrected chi connectivity index (χ4v) is 5.89. The summed E-state index contributed by atoms with van der Waals surface area (Å²) in [5.41, 5.74) is 9.87. The first-order valence-corrected chi connectivity index (χ1v) is 15.3. The van der Waals surface area contributed by atoms with Crippen LogP contribution in [0.1, 0.15) is 27.8 Å². The number of hydrogen-bond donors (Lipinski definition) is 0. The van der Waals surface area contributed by atoms with E-state index in [1.54, 1.807) is 42.4 Å². The lowest BCUT2D eigenvalue weighted by Gasteiger charge is -2.18. The Balaban J connectivity index is 1.24. The van der Waals surface area contributed by atoms with Gasteiger partial charge in [-0.3, -0.25) is 9.67 Å². The highest BCUT2D eigenvalue weighted by molar-refractivity contribution is 6.32. The number of rotatable bonds is 11. The molecule has 0 atom stereocenters. The van der Waals surface area contributed by atoms with Gasteiger partial charge in [-0.2, -0.15) is 10.4 Å². The van der Waals surface area contributed by atoms with Gasteiger partial charge in [0.2, 0.25) is 0 Å². The number of nitriles is 1. The van der Waals surface area contributed by atoms with E-state index in [1.807, 2.05) is 18.2 Å². The second kappa shape index (κ2) is 13.8. The van der Waals surface area contributed by atoms with Gasteiger partial charge >= 0.3 is 0 Å². The molecule has 0 N–H and O–H groups in total. The van der Waals surface area contributed by atoms with Crippen molar-refractivity contribution in [3.8, 4) is 45.6 Å². The fourth-order valence-electron chi connectivity index (χ4n) is 5.69. The molecule has 0 spiro atoms. The number of ether oxygens (including phenoxy) is 3. The smallest absolute Gasteiger partial charge is 0.165 e. The summed E-state index contributed by atoms with van der Waals surface area (Å²) in [6.07, 6.45) is 5.80. The molecule has 47 heavy (non-hydrogen) atoms. The molecule has 9 heteroatoms. The topological polar surface area (TPSA) is 99.3 Å². The highest BCUT2D eigenvalue weighted by Crippen LogP contribution is 2.39. The van der Waals surface area contributed by atoms with E-state index in [0.717, 1.165) is 61.7 Å². The van der Waals surface area contributed by atoms with Crippen molar-refractivity contribution in [3.05, 3.63) is 124 Å². The Morgan fingerprint density at radius 3 is 2.40 bits per heavy atom. The van der Waals surface area contributed by atoms with Crippen LogP contribution in [-0.4, -0.2) is 28.2 Å². The minimum absolute atomic E-state index is 0.192. The zero-order chi connectivity index (χ0) is 32.9. The summed E-state index contributed by atoms with van der Waals surface area (Å²) in [7, 11) is 1.55. The first-order chi connectivity index (χ1) is 22.9. The quantitative estimate of drug-likeness (QED) is 0.131. The number of pyridine rings is 1. The number of halogens is 1. The maximum absolute atomic E-state index is 11.0. The van der Waals surface area contributed by atoms with Crippen molar-refractivity contribution in [3.63, 3.8) is 0 Å². The van der Waals surface area contributed by atoms with Crippen LogP contribution in [0.4, 0.5) is 0 Å². The molecule has 4 aromatic carbocycles. The van der Waals surface area contributed by atoms with Crippen molar-refractivity contribution in [1.82, 2.24) is 14.8 Å². The van der Waals surface area contributed by atoms with E-state index >= 15 is 0 Å². The van der Waals surface area contributed by atoms with E-state index in [1.165, 1.54) is 6.20 Å². The second-order valence-corrected chi connectivity index (χ2v) is 11.4. The molecule has 0 amide bonds. The van der Waals surface area contributed by atoms with Gasteiger partial charge in [0.15, 0.2) is 11.5 Å². The maximum Gasteiger partial charge on any atom is 0.165 e. The third-order valence-electron chi connectivity index (χ3n) is 8.19. The molecule has 0 saturated heterocycles. The van der Waals surface area contributed by atoms with Crippen LogP contribution in [0.2, 0.25) is 5.02 Å². The van der Waals surface area contributed by atoms with Crippen molar-refractivity contribution in [2.75, 3.05) is 7.11 Å². The number of carbonyl (C=O) groups excluding carboxylic acids is 1. The minimum atomic E-state index is 0.192. The first-order valence-electron chi connectivity index (χ1n) is 15.0. The molecule has 0 unspecified atom stereocenters. The van der Waals surface area contributed by atoms with Crippen molar-refractivity contribution in [1.29, 1.82) is 5.26 Å². The van der Waals surface area contributed by atoms with Gasteiger partial charge in [-0.1, -0.05) is 54.1 Å². The Kier molecular flexibility index (Phi) is 9.18. The summed E-state index contributed by atoms with van der Waals surface area (Å²) in [6.45, 7) is 4.95. The Morgan fingerprint density at radius 1 is 0.851 bits per heavy atom. The highest BCUT2D eigenvalue weighted by Gasteiger charge is 2.16. The van der Waals surface area contributed by atoms with Crippen LogP contribution in [0.15, 0.2) is 91.4 Å². The fraction of sp³-hybridized carbons (Fsp3) is 0.158. The molecule has 6 rings (SSSR count). The number of nitrogens with zero attached hydrogens (tertiary/aromatic N) is 4. The molecule has 8 nitrogen and oxygen atoms in total. The van der Waals surface area contributed by atoms with Gasteiger partial charge in [-0.15, -0.1) is 0 Å². The van der Waals surface area contributed by atoms with Crippen molar-refractivity contribution < 1.29 is 19.0 Å². The number of hydrogen-bond acceptors (Lipinski definition) is 7. The number of fused-ring (bicyclic) bond motifs is 1. The molecular formula is C38H31ClN4O4. The molecule has 0 aliphatic carbocycles. The maximum atomic E-state index is 11.0. The lowest BCUT2D eigenvalue weighted by molar-refractivity contribution is -0.108. The third-order valence-corrected chi connectivity index (χ3v) is 8.49. The molecule has 0 aliphatic heterocycles. The predicted molar refractivity (Wildman–Crippen MR) is 182 cm³/mol. The molecule has 0 bridgehead atoms. The van der Waals surface area contributed by atoms with E-state index in [4.69, 9.17) is 25.8 Å². The van der Waals surface area contributed by atoms with Gasteiger partial charge in [0.25, 0.3) is 0 Å². The van der Waals surface area contributed by atoms with E-state index < -0.39 is 0 Å². The summed E-state index contributed by atoms with van der Waals surface area (Å²) in [4.78, 5) is 15.1. The molecule has 6 aromatic rings. The molecule has 0 saturated carbocycles. The average Bonchev–Trinajstić information content (AvgIpc) is 3.50. The number of carbonyl (C=O) groups is 1. The summed E-state index contributed by atoms with van der Waals surface area (Å²) in [6, 6.07) is 25.9. The van der Waals surface area contributed by atoms with Gasteiger partial charge in [-0.25, -0.2) is 0 Å². The van der Waals surface area contributed by atoms with E-state index in [-0.39, 0.29) is 13.2 Å². The van der Waals surface area contributed by atoms with Crippen LogP contribution in [0, 0.1) is 25.2 Å². The molecule has 0 aliphatic rings. The Bertz CT molecular complexity index is 2150. The summed E-state index contributed by atoms with van der Waals surface area (Å²) >= 11 is 6.59. The lowest BCUT2D eigenvalue weighted by atomic mass is 9.89. The van der Waals surface area contributed by atoms with Crippen LogP contribution < -0.4 is 14.2 Å². The zero-order valence-electron chi connectivity index (χ0n) is 26.2. The summed E-state index contributed by atoms with van der Waals surface area (Å²) in [5.74, 6) is 1.39. The number of benzene rings is 4. The monoisotopic (exact) mass is 642 g/mol. The van der Waals surface area contributed by atoms with E-state index in [9.17, 15) is 10.1 Å².